The number of nitrogens with one attached hydrogen (secondary N) is 2. The van der Waals surface area contributed by atoms with Gasteiger partial charge in [-0.25, -0.2) is 4.39 Å². The number of rotatable bonds is 5. The first-order valence-corrected chi connectivity index (χ1v) is 12.3. The molecule has 6 rings (SSSR count). The van der Waals surface area contributed by atoms with Gasteiger partial charge >= 0.3 is 0 Å². The molecule has 0 bridgehead atoms. The van der Waals surface area contributed by atoms with E-state index in [4.69, 9.17) is 9.47 Å². The zero-order valence-electron chi connectivity index (χ0n) is 20.1. The molecule has 184 valence electrons. The lowest BCUT2D eigenvalue weighted by Gasteiger charge is -2.26. The number of anilines is 1. The van der Waals surface area contributed by atoms with Crippen LogP contribution in [0.4, 0.5) is 10.1 Å². The number of nitrogens with zero attached hydrogens (tertiary/aromatic N) is 2. The number of carbonyl (C=O) groups is 1. The molecule has 2 aliphatic rings. The third-order valence-corrected chi connectivity index (χ3v) is 6.98. The Kier molecular flexibility index (Phi) is 5.81. The van der Waals surface area contributed by atoms with Gasteiger partial charge in [-0.3, -0.25) is 14.8 Å². The van der Waals surface area contributed by atoms with Crippen LogP contribution in [0.2, 0.25) is 0 Å². The lowest BCUT2D eigenvalue weighted by molar-refractivity contribution is 0.102. The summed E-state index contributed by atoms with van der Waals surface area (Å²) in [7, 11) is 0. The van der Waals surface area contributed by atoms with Gasteiger partial charge < -0.3 is 14.8 Å². The van der Waals surface area contributed by atoms with Crippen molar-refractivity contribution in [3.05, 3.63) is 71.2 Å². The second kappa shape index (κ2) is 9.28. The topological polar surface area (TPSA) is 79.5 Å². The van der Waals surface area contributed by atoms with Gasteiger partial charge in [0, 0.05) is 23.7 Å². The minimum absolute atomic E-state index is 0.165. The number of aromatic nitrogens is 2. The molecule has 0 spiro atoms. The molecule has 7 nitrogen and oxygen atoms in total. The van der Waals surface area contributed by atoms with Crippen LogP contribution in [0.1, 0.15) is 40.9 Å². The van der Waals surface area contributed by atoms with Crippen LogP contribution in [0.15, 0.2) is 48.5 Å². The molecule has 8 heteroatoms. The highest BCUT2D eigenvalue weighted by atomic mass is 19.1. The van der Waals surface area contributed by atoms with Gasteiger partial charge in [-0.2, -0.15) is 5.10 Å². The summed E-state index contributed by atoms with van der Waals surface area (Å²) in [6.45, 7) is 4.80. The van der Waals surface area contributed by atoms with E-state index >= 15 is 0 Å². The molecule has 0 atom stereocenters. The van der Waals surface area contributed by atoms with E-state index in [0.717, 1.165) is 41.8 Å². The van der Waals surface area contributed by atoms with Crippen molar-refractivity contribution in [3.63, 3.8) is 0 Å². The first-order valence-electron chi connectivity index (χ1n) is 12.3. The molecule has 3 heterocycles. The molecule has 0 aliphatic carbocycles. The SMILES string of the molecule is Cc1c(F)cc(CN2CCCCC2)cc1-c1ccc2[nH]nc(C(=O)Nc3ccc4c(c3)OCO4)c2c1. The third-order valence-electron chi connectivity index (χ3n) is 6.98. The first-order chi connectivity index (χ1) is 17.5. The standard InChI is InChI=1S/C28H27FN4O3/c1-17-21(11-18(12-23(17)29)15-33-9-3-2-4-10-33)19-5-7-24-22(13-19)27(32-31-24)28(34)30-20-6-8-25-26(14-20)36-16-35-25/h5-8,11-14H,2-4,9-10,15-16H2,1H3,(H,30,34)(H,31,32). The third kappa shape index (κ3) is 4.28. The van der Waals surface area contributed by atoms with Crippen LogP contribution in [0.3, 0.4) is 0 Å². The Morgan fingerprint density at radius 2 is 1.89 bits per heavy atom. The van der Waals surface area contributed by atoms with Crippen LogP contribution in [0.5, 0.6) is 11.5 Å². The fraction of sp³-hybridized carbons (Fsp3) is 0.286. The summed E-state index contributed by atoms with van der Waals surface area (Å²) < 4.78 is 25.7. The molecular weight excluding hydrogens is 459 g/mol. The van der Waals surface area contributed by atoms with Gasteiger partial charge in [-0.1, -0.05) is 12.5 Å². The first kappa shape index (κ1) is 22.5. The summed E-state index contributed by atoms with van der Waals surface area (Å²) in [6, 6.07) is 14.7. The molecule has 2 aliphatic heterocycles. The number of likely N-dealkylation sites (tertiary alicyclic amines) is 1. The van der Waals surface area contributed by atoms with Gasteiger partial charge in [0.2, 0.25) is 6.79 Å². The van der Waals surface area contributed by atoms with Crippen molar-refractivity contribution in [2.75, 3.05) is 25.2 Å². The zero-order valence-corrected chi connectivity index (χ0v) is 20.1. The maximum atomic E-state index is 15.0. The second-order valence-electron chi connectivity index (χ2n) is 9.44. The van der Waals surface area contributed by atoms with Gasteiger partial charge in [0.05, 0.1) is 5.52 Å². The number of aromatic amines is 1. The minimum Gasteiger partial charge on any atom is -0.454 e. The molecule has 3 aromatic carbocycles. The summed E-state index contributed by atoms with van der Waals surface area (Å²) in [5, 5.41) is 10.7. The number of piperidine rings is 1. The maximum Gasteiger partial charge on any atom is 0.276 e. The van der Waals surface area contributed by atoms with E-state index in [1.807, 2.05) is 18.2 Å². The van der Waals surface area contributed by atoms with Gasteiger partial charge in [0.15, 0.2) is 17.2 Å². The highest BCUT2D eigenvalue weighted by molar-refractivity contribution is 6.11. The molecular formula is C28H27FN4O3. The van der Waals surface area contributed by atoms with Crippen molar-refractivity contribution in [2.45, 2.75) is 32.7 Å². The molecule has 1 aromatic heterocycles. The van der Waals surface area contributed by atoms with Crippen LogP contribution in [-0.4, -0.2) is 40.9 Å². The van der Waals surface area contributed by atoms with Gasteiger partial charge in [-0.15, -0.1) is 0 Å². The van der Waals surface area contributed by atoms with Crippen molar-refractivity contribution < 1.29 is 18.7 Å². The molecule has 36 heavy (non-hydrogen) atoms. The summed E-state index contributed by atoms with van der Waals surface area (Å²) in [4.78, 5) is 15.5. The Balaban J connectivity index is 1.30. The van der Waals surface area contributed by atoms with Crippen LogP contribution >= 0.6 is 0 Å². The van der Waals surface area contributed by atoms with E-state index in [9.17, 15) is 9.18 Å². The number of hydrogen-bond donors (Lipinski definition) is 2. The number of ether oxygens (including phenoxy) is 2. The van der Waals surface area contributed by atoms with Crippen molar-refractivity contribution in [2.24, 2.45) is 0 Å². The fourth-order valence-corrected chi connectivity index (χ4v) is 5.02. The average Bonchev–Trinajstić information content (AvgIpc) is 3.53. The quantitative estimate of drug-likeness (QED) is 0.381. The smallest absolute Gasteiger partial charge is 0.276 e. The molecule has 0 saturated carbocycles. The van der Waals surface area contributed by atoms with E-state index in [1.54, 1.807) is 31.2 Å². The minimum atomic E-state index is -0.348. The predicted molar refractivity (Wildman–Crippen MR) is 136 cm³/mol. The summed E-state index contributed by atoms with van der Waals surface area (Å²) in [5.41, 5.74) is 4.81. The van der Waals surface area contributed by atoms with Crippen molar-refractivity contribution in [1.29, 1.82) is 0 Å². The normalized spacial score (nSPS) is 15.4. The largest absolute Gasteiger partial charge is 0.454 e. The summed E-state index contributed by atoms with van der Waals surface area (Å²) >= 11 is 0. The molecule has 1 saturated heterocycles. The van der Waals surface area contributed by atoms with Gasteiger partial charge in [0.1, 0.15) is 5.82 Å². The van der Waals surface area contributed by atoms with E-state index in [-0.39, 0.29) is 24.2 Å². The van der Waals surface area contributed by atoms with Crippen LogP contribution < -0.4 is 14.8 Å². The Morgan fingerprint density at radius 1 is 1.06 bits per heavy atom. The summed E-state index contributed by atoms with van der Waals surface area (Å²) in [5.74, 6) is 0.670. The molecule has 1 fully saturated rings. The molecule has 4 aromatic rings. The Bertz CT molecular complexity index is 1460. The van der Waals surface area contributed by atoms with Gasteiger partial charge in [0.25, 0.3) is 5.91 Å². The lowest BCUT2D eigenvalue weighted by atomic mass is 9.95. The van der Waals surface area contributed by atoms with E-state index in [2.05, 4.69) is 26.5 Å². The number of amides is 1. The highest BCUT2D eigenvalue weighted by Gasteiger charge is 2.19. The zero-order chi connectivity index (χ0) is 24.6. The van der Waals surface area contributed by atoms with Gasteiger partial charge in [-0.05, 0) is 91.5 Å². The molecule has 0 unspecified atom stereocenters. The number of hydrogen-bond acceptors (Lipinski definition) is 5. The van der Waals surface area contributed by atoms with E-state index < -0.39 is 0 Å². The Morgan fingerprint density at radius 3 is 2.75 bits per heavy atom. The summed E-state index contributed by atoms with van der Waals surface area (Å²) in [6.07, 6.45) is 3.64. The molecule has 2 N–H and O–H groups in total. The van der Waals surface area contributed by atoms with Crippen molar-refractivity contribution in [3.8, 4) is 22.6 Å². The van der Waals surface area contributed by atoms with Crippen LogP contribution in [0.25, 0.3) is 22.0 Å². The number of carbonyl (C=O) groups excluding carboxylic acids is 1. The predicted octanol–water partition coefficient (Wildman–Crippen LogP) is 5.64. The molecule has 1 amide bonds. The number of fused-ring (bicyclic) bond motifs is 2. The number of H-pyrrole nitrogens is 1. The second-order valence-corrected chi connectivity index (χ2v) is 9.44. The van der Waals surface area contributed by atoms with E-state index in [0.29, 0.717) is 28.1 Å². The van der Waals surface area contributed by atoms with E-state index in [1.165, 1.54) is 19.3 Å². The van der Waals surface area contributed by atoms with Crippen molar-refractivity contribution in [1.82, 2.24) is 15.1 Å². The van der Waals surface area contributed by atoms with Crippen molar-refractivity contribution >= 4 is 22.5 Å². The fourth-order valence-electron chi connectivity index (χ4n) is 5.02. The Hall–Kier alpha value is -3.91. The van der Waals surface area contributed by atoms with Crippen LogP contribution in [0, 0.1) is 12.7 Å². The molecule has 0 radical (unpaired) electrons. The highest BCUT2D eigenvalue weighted by Crippen LogP contribution is 2.35. The Labute approximate surface area is 208 Å². The monoisotopic (exact) mass is 486 g/mol. The average molecular weight is 487 g/mol. The maximum absolute atomic E-state index is 15.0. The lowest BCUT2D eigenvalue weighted by Crippen LogP contribution is -2.29. The van der Waals surface area contributed by atoms with Crippen LogP contribution in [-0.2, 0) is 6.54 Å². The number of halogens is 1. The number of benzene rings is 3.